The fourth-order valence-electron chi connectivity index (χ4n) is 2.88. The molecular formula is C19H17FN4OS. The lowest BCUT2D eigenvalue weighted by atomic mass is 10.0. The molecule has 0 fully saturated rings. The van der Waals surface area contributed by atoms with Crippen LogP contribution in [0.3, 0.4) is 0 Å². The maximum Gasteiger partial charge on any atom is 0.284 e. The number of hydrogen-bond acceptors (Lipinski definition) is 5. The molecule has 1 amide bonds. The number of halogens is 1. The first kappa shape index (κ1) is 16.7. The van der Waals surface area contributed by atoms with E-state index in [0.717, 1.165) is 41.2 Å². The predicted molar refractivity (Wildman–Crippen MR) is 102 cm³/mol. The van der Waals surface area contributed by atoms with E-state index in [1.54, 1.807) is 24.3 Å². The third-order valence-electron chi connectivity index (χ3n) is 4.28. The Morgan fingerprint density at radius 3 is 2.73 bits per heavy atom. The number of hydrogen-bond donors (Lipinski definition) is 3. The van der Waals surface area contributed by atoms with Crippen molar-refractivity contribution in [3.05, 3.63) is 63.9 Å². The molecule has 0 aliphatic carbocycles. The molecule has 0 saturated heterocycles. The second-order valence-corrected chi connectivity index (χ2v) is 7.16. The lowest BCUT2D eigenvalue weighted by Crippen LogP contribution is -2.22. The zero-order valence-corrected chi connectivity index (χ0v) is 14.7. The van der Waals surface area contributed by atoms with Crippen molar-refractivity contribution in [1.82, 2.24) is 10.3 Å². The highest BCUT2D eigenvalue weighted by atomic mass is 32.1. The van der Waals surface area contributed by atoms with E-state index in [1.807, 2.05) is 6.07 Å². The SMILES string of the molecule is Nc1ccc(-c2ccc(F)cc2)cc1NC(=O)c1nc2c(s1)CNCC2. The Kier molecular flexibility index (Phi) is 4.40. The highest BCUT2D eigenvalue weighted by molar-refractivity contribution is 7.13. The van der Waals surface area contributed by atoms with Gasteiger partial charge in [0.1, 0.15) is 5.82 Å². The molecule has 0 saturated carbocycles. The van der Waals surface area contributed by atoms with E-state index < -0.39 is 0 Å². The molecule has 4 N–H and O–H groups in total. The van der Waals surface area contributed by atoms with Crippen LogP contribution in [0.4, 0.5) is 15.8 Å². The molecule has 2 heterocycles. The van der Waals surface area contributed by atoms with Crippen LogP contribution < -0.4 is 16.4 Å². The molecule has 4 rings (SSSR count). The number of carbonyl (C=O) groups excluding carboxylic acids is 1. The summed E-state index contributed by atoms with van der Waals surface area (Å²) in [6, 6.07) is 11.5. The number of anilines is 2. The zero-order chi connectivity index (χ0) is 18.1. The summed E-state index contributed by atoms with van der Waals surface area (Å²) in [4.78, 5) is 18.1. The molecule has 132 valence electrons. The second kappa shape index (κ2) is 6.86. The minimum absolute atomic E-state index is 0.271. The van der Waals surface area contributed by atoms with Crippen LogP contribution in [0.25, 0.3) is 11.1 Å². The van der Waals surface area contributed by atoms with Gasteiger partial charge in [-0.3, -0.25) is 4.79 Å². The molecule has 0 radical (unpaired) electrons. The predicted octanol–water partition coefficient (Wildman–Crippen LogP) is 3.43. The van der Waals surface area contributed by atoms with Crippen LogP contribution in [0.1, 0.15) is 20.4 Å². The monoisotopic (exact) mass is 368 g/mol. The Morgan fingerprint density at radius 2 is 1.96 bits per heavy atom. The van der Waals surface area contributed by atoms with Crippen LogP contribution in [0.15, 0.2) is 42.5 Å². The number of thiazole rings is 1. The molecule has 26 heavy (non-hydrogen) atoms. The highest BCUT2D eigenvalue weighted by Gasteiger charge is 2.19. The minimum atomic E-state index is -0.292. The highest BCUT2D eigenvalue weighted by Crippen LogP contribution is 2.29. The average Bonchev–Trinajstić information content (AvgIpc) is 3.09. The van der Waals surface area contributed by atoms with Gasteiger partial charge in [0.2, 0.25) is 0 Å². The Morgan fingerprint density at radius 1 is 1.19 bits per heavy atom. The maximum absolute atomic E-state index is 13.1. The Hall–Kier alpha value is -2.77. The summed E-state index contributed by atoms with van der Waals surface area (Å²) in [6.45, 7) is 1.63. The largest absolute Gasteiger partial charge is 0.397 e. The molecule has 2 aromatic carbocycles. The summed E-state index contributed by atoms with van der Waals surface area (Å²) >= 11 is 1.40. The number of carbonyl (C=O) groups is 1. The van der Waals surface area contributed by atoms with E-state index in [9.17, 15) is 9.18 Å². The van der Waals surface area contributed by atoms with Crippen molar-refractivity contribution in [2.24, 2.45) is 0 Å². The van der Waals surface area contributed by atoms with Gasteiger partial charge in [-0.05, 0) is 35.4 Å². The Balaban J connectivity index is 1.59. The van der Waals surface area contributed by atoms with Gasteiger partial charge in [0.05, 0.1) is 17.1 Å². The number of amides is 1. The Bertz CT molecular complexity index is 945. The molecular weight excluding hydrogens is 351 g/mol. The molecule has 3 aromatic rings. The van der Waals surface area contributed by atoms with Gasteiger partial charge in [0, 0.05) is 24.4 Å². The van der Waals surface area contributed by atoms with Gasteiger partial charge in [0.25, 0.3) is 5.91 Å². The van der Waals surface area contributed by atoms with Crippen LogP contribution >= 0.6 is 11.3 Å². The molecule has 0 atom stereocenters. The number of nitrogen functional groups attached to an aromatic ring is 1. The number of nitrogens with one attached hydrogen (secondary N) is 2. The molecule has 0 unspecified atom stereocenters. The van der Waals surface area contributed by atoms with Crippen molar-refractivity contribution in [3.63, 3.8) is 0 Å². The smallest absolute Gasteiger partial charge is 0.284 e. The number of nitrogens with zero attached hydrogens (tertiary/aromatic N) is 1. The summed E-state index contributed by atoms with van der Waals surface area (Å²) < 4.78 is 13.1. The van der Waals surface area contributed by atoms with Gasteiger partial charge in [-0.2, -0.15) is 0 Å². The van der Waals surface area contributed by atoms with Crippen LogP contribution in [0, 0.1) is 5.82 Å². The fourth-order valence-corrected chi connectivity index (χ4v) is 3.86. The van der Waals surface area contributed by atoms with Crippen LogP contribution in [-0.4, -0.2) is 17.4 Å². The van der Waals surface area contributed by atoms with Crippen LogP contribution in [-0.2, 0) is 13.0 Å². The molecule has 5 nitrogen and oxygen atoms in total. The average molecular weight is 368 g/mol. The maximum atomic E-state index is 13.1. The van der Waals surface area contributed by atoms with Crippen molar-refractivity contribution < 1.29 is 9.18 Å². The van der Waals surface area contributed by atoms with Crippen LogP contribution in [0.2, 0.25) is 0 Å². The lowest BCUT2D eigenvalue weighted by molar-refractivity contribution is 0.102. The molecule has 1 aromatic heterocycles. The summed E-state index contributed by atoms with van der Waals surface area (Å²) in [5.41, 5.74) is 9.68. The van der Waals surface area contributed by atoms with E-state index >= 15 is 0 Å². The quantitative estimate of drug-likeness (QED) is 0.619. The topological polar surface area (TPSA) is 80.0 Å². The third-order valence-corrected chi connectivity index (χ3v) is 5.37. The van der Waals surface area contributed by atoms with Crippen molar-refractivity contribution in [2.75, 3.05) is 17.6 Å². The number of benzene rings is 2. The van der Waals surface area contributed by atoms with Crippen LogP contribution in [0.5, 0.6) is 0 Å². The normalized spacial score (nSPS) is 13.3. The Labute approximate surface area is 154 Å². The minimum Gasteiger partial charge on any atom is -0.397 e. The van der Waals surface area contributed by atoms with Crippen molar-refractivity contribution in [1.29, 1.82) is 0 Å². The molecule has 1 aliphatic rings. The fraction of sp³-hybridized carbons (Fsp3) is 0.158. The van der Waals surface area contributed by atoms with Gasteiger partial charge in [-0.1, -0.05) is 18.2 Å². The summed E-state index contributed by atoms with van der Waals surface area (Å²) in [7, 11) is 0. The summed E-state index contributed by atoms with van der Waals surface area (Å²) in [6.07, 6.45) is 0.835. The molecule has 0 bridgehead atoms. The lowest BCUT2D eigenvalue weighted by Gasteiger charge is -2.10. The number of fused-ring (bicyclic) bond motifs is 1. The molecule has 0 spiro atoms. The van der Waals surface area contributed by atoms with E-state index in [0.29, 0.717) is 16.4 Å². The number of nitrogens with two attached hydrogens (primary N) is 1. The van der Waals surface area contributed by atoms with Gasteiger partial charge in [-0.15, -0.1) is 11.3 Å². The van der Waals surface area contributed by atoms with Gasteiger partial charge in [0.15, 0.2) is 5.01 Å². The third kappa shape index (κ3) is 3.31. The summed E-state index contributed by atoms with van der Waals surface area (Å²) in [5.74, 6) is -0.563. The van der Waals surface area contributed by atoms with Crippen molar-refractivity contribution in [2.45, 2.75) is 13.0 Å². The van der Waals surface area contributed by atoms with E-state index in [4.69, 9.17) is 5.73 Å². The first-order chi connectivity index (χ1) is 12.6. The summed E-state index contributed by atoms with van der Waals surface area (Å²) in [5, 5.41) is 6.56. The standard InChI is InChI=1S/C19H17FN4OS/c20-13-4-1-11(2-5-13)12-3-6-14(21)16(9-12)23-18(25)19-24-15-7-8-22-10-17(15)26-19/h1-6,9,22H,7-8,10,21H2,(H,23,25). The molecule has 1 aliphatic heterocycles. The van der Waals surface area contributed by atoms with Crippen molar-refractivity contribution in [3.8, 4) is 11.1 Å². The first-order valence-electron chi connectivity index (χ1n) is 8.26. The first-order valence-corrected chi connectivity index (χ1v) is 9.08. The zero-order valence-electron chi connectivity index (χ0n) is 13.9. The van der Waals surface area contributed by atoms with E-state index in [2.05, 4.69) is 15.6 Å². The van der Waals surface area contributed by atoms with Gasteiger partial charge < -0.3 is 16.4 Å². The van der Waals surface area contributed by atoms with E-state index in [-0.39, 0.29) is 11.7 Å². The molecule has 7 heteroatoms. The van der Waals surface area contributed by atoms with Gasteiger partial charge >= 0.3 is 0 Å². The van der Waals surface area contributed by atoms with E-state index in [1.165, 1.54) is 23.5 Å². The van der Waals surface area contributed by atoms with Gasteiger partial charge in [-0.25, -0.2) is 9.37 Å². The number of rotatable bonds is 3. The second-order valence-electron chi connectivity index (χ2n) is 6.08. The van der Waals surface area contributed by atoms with Crippen molar-refractivity contribution >= 4 is 28.6 Å². The number of aromatic nitrogens is 1.